The van der Waals surface area contributed by atoms with Gasteiger partial charge in [-0.1, -0.05) is 29.3 Å². The molecule has 1 saturated heterocycles. The number of methoxy groups -OCH3 is 2. The molecule has 0 spiro atoms. The van der Waals surface area contributed by atoms with Gasteiger partial charge in [0.15, 0.2) is 11.5 Å². The number of hydrogen-bond donors (Lipinski definition) is 2. The fourth-order valence-corrected chi connectivity index (χ4v) is 3.38. The summed E-state index contributed by atoms with van der Waals surface area (Å²) in [6.45, 7) is 3.13. The van der Waals surface area contributed by atoms with Gasteiger partial charge < -0.3 is 24.8 Å². The fourth-order valence-electron chi connectivity index (χ4n) is 3.05. The molecule has 0 aliphatic carbocycles. The van der Waals surface area contributed by atoms with Crippen molar-refractivity contribution in [1.82, 2.24) is 10.6 Å². The second-order valence-corrected chi connectivity index (χ2v) is 7.25. The van der Waals surface area contributed by atoms with Crippen LogP contribution in [0.25, 0.3) is 0 Å². The van der Waals surface area contributed by atoms with Crippen LogP contribution < -0.4 is 24.8 Å². The SMILES string of the molecule is COc1cc(CNC2CCNC2)cc(OC)c1OCc1ccc(Cl)c(Cl)c1. The van der Waals surface area contributed by atoms with Gasteiger partial charge in [0.25, 0.3) is 0 Å². The second-order valence-electron chi connectivity index (χ2n) is 6.44. The van der Waals surface area contributed by atoms with Gasteiger partial charge >= 0.3 is 0 Å². The highest BCUT2D eigenvalue weighted by Gasteiger charge is 2.17. The van der Waals surface area contributed by atoms with Crippen molar-refractivity contribution in [1.29, 1.82) is 0 Å². The van der Waals surface area contributed by atoms with Crippen molar-refractivity contribution in [3.05, 3.63) is 51.5 Å². The van der Waals surface area contributed by atoms with Crippen LogP contribution in [0.15, 0.2) is 30.3 Å². The van der Waals surface area contributed by atoms with Gasteiger partial charge in [0.2, 0.25) is 5.75 Å². The minimum absolute atomic E-state index is 0.328. The Balaban J connectivity index is 1.73. The first kappa shape index (κ1) is 20.1. The lowest BCUT2D eigenvalue weighted by Gasteiger charge is -2.17. The average molecular weight is 411 g/mol. The van der Waals surface area contributed by atoms with Gasteiger partial charge in [-0.25, -0.2) is 0 Å². The van der Waals surface area contributed by atoms with Crippen molar-refractivity contribution in [2.24, 2.45) is 0 Å². The van der Waals surface area contributed by atoms with Crippen molar-refractivity contribution in [3.63, 3.8) is 0 Å². The zero-order valence-electron chi connectivity index (χ0n) is 15.5. The molecule has 0 bridgehead atoms. The van der Waals surface area contributed by atoms with Crippen LogP contribution in [0.2, 0.25) is 10.0 Å². The van der Waals surface area contributed by atoms with E-state index in [0.29, 0.717) is 39.9 Å². The molecule has 1 fully saturated rings. The number of rotatable bonds is 8. The van der Waals surface area contributed by atoms with Crippen LogP contribution in [-0.4, -0.2) is 33.4 Å². The molecule has 0 amide bonds. The smallest absolute Gasteiger partial charge is 0.203 e. The van der Waals surface area contributed by atoms with E-state index in [1.807, 2.05) is 18.2 Å². The summed E-state index contributed by atoms with van der Waals surface area (Å²) >= 11 is 12.0. The predicted octanol–water partition coefficient (Wildman–Crippen LogP) is 4.04. The van der Waals surface area contributed by atoms with Crippen molar-refractivity contribution < 1.29 is 14.2 Å². The monoisotopic (exact) mass is 410 g/mol. The van der Waals surface area contributed by atoms with E-state index in [9.17, 15) is 0 Å². The van der Waals surface area contributed by atoms with Gasteiger partial charge in [0, 0.05) is 19.1 Å². The second kappa shape index (κ2) is 9.51. The minimum atomic E-state index is 0.328. The molecule has 1 atom stereocenters. The van der Waals surface area contributed by atoms with E-state index in [1.54, 1.807) is 26.4 Å². The van der Waals surface area contributed by atoms with E-state index >= 15 is 0 Å². The zero-order chi connectivity index (χ0) is 19.2. The third kappa shape index (κ3) is 5.20. The summed E-state index contributed by atoms with van der Waals surface area (Å²) < 4.78 is 17.1. The summed E-state index contributed by atoms with van der Waals surface area (Å²) in [5.74, 6) is 1.84. The van der Waals surface area contributed by atoms with E-state index in [2.05, 4.69) is 10.6 Å². The summed E-state index contributed by atoms with van der Waals surface area (Å²) in [6.07, 6.45) is 1.14. The molecule has 27 heavy (non-hydrogen) atoms. The minimum Gasteiger partial charge on any atom is -0.493 e. The average Bonchev–Trinajstić information content (AvgIpc) is 3.20. The number of hydrogen-bond acceptors (Lipinski definition) is 5. The Morgan fingerprint density at radius 3 is 2.37 bits per heavy atom. The number of halogens is 2. The molecule has 2 N–H and O–H groups in total. The van der Waals surface area contributed by atoms with Gasteiger partial charge in [0.05, 0.1) is 24.3 Å². The molecule has 0 radical (unpaired) electrons. The summed E-state index contributed by atoms with van der Waals surface area (Å²) in [5, 5.41) is 7.92. The first-order valence-corrected chi connectivity index (χ1v) is 9.62. The third-order valence-electron chi connectivity index (χ3n) is 4.54. The molecule has 1 unspecified atom stereocenters. The Labute approximate surface area is 169 Å². The summed E-state index contributed by atoms with van der Waals surface area (Å²) in [7, 11) is 3.25. The Bertz CT molecular complexity index is 755. The molecule has 1 aliphatic heterocycles. The van der Waals surface area contributed by atoms with Gasteiger partial charge in [-0.2, -0.15) is 0 Å². The lowest BCUT2D eigenvalue weighted by atomic mass is 10.1. The van der Waals surface area contributed by atoms with Crippen LogP contribution in [0.3, 0.4) is 0 Å². The van der Waals surface area contributed by atoms with Gasteiger partial charge in [-0.3, -0.25) is 0 Å². The van der Waals surface area contributed by atoms with Crippen molar-refractivity contribution in [2.75, 3.05) is 27.3 Å². The van der Waals surface area contributed by atoms with E-state index in [1.165, 1.54) is 0 Å². The highest BCUT2D eigenvalue weighted by molar-refractivity contribution is 6.42. The maximum Gasteiger partial charge on any atom is 0.203 e. The van der Waals surface area contributed by atoms with Crippen LogP contribution in [0.4, 0.5) is 0 Å². The Hall–Kier alpha value is -1.66. The maximum absolute atomic E-state index is 6.07. The molecule has 2 aromatic carbocycles. The maximum atomic E-state index is 6.07. The highest BCUT2D eigenvalue weighted by Crippen LogP contribution is 2.39. The molecule has 1 aliphatic rings. The molecule has 146 valence electrons. The van der Waals surface area contributed by atoms with Crippen LogP contribution in [-0.2, 0) is 13.2 Å². The molecular formula is C20H24Cl2N2O3. The quantitative estimate of drug-likeness (QED) is 0.687. The van der Waals surface area contributed by atoms with Crippen LogP contribution in [0.5, 0.6) is 17.2 Å². The number of nitrogens with one attached hydrogen (secondary N) is 2. The first-order chi connectivity index (χ1) is 13.1. The Morgan fingerprint density at radius 2 is 1.78 bits per heavy atom. The molecule has 7 heteroatoms. The zero-order valence-corrected chi connectivity index (χ0v) is 17.0. The molecule has 0 saturated carbocycles. The molecule has 1 heterocycles. The first-order valence-electron chi connectivity index (χ1n) is 8.86. The van der Waals surface area contributed by atoms with Crippen LogP contribution in [0.1, 0.15) is 17.5 Å². The van der Waals surface area contributed by atoms with E-state index in [4.69, 9.17) is 37.4 Å². The van der Waals surface area contributed by atoms with Crippen LogP contribution >= 0.6 is 23.2 Å². The lowest BCUT2D eigenvalue weighted by molar-refractivity contribution is 0.265. The van der Waals surface area contributed by atoms with Crippen molar-refractivity contribution in [3.8, 4) is 17.2 Å². The molecule has 0 aromatic heterocycles. The lowest BCUT2D eigenvalue weighted by Crippen LogP contribution is -2.30. The molecule has 3 rings (SSSR count). The number of ether oxygens (including phenoxy) is 3. The summed E-state index contributed by atoms with van der Waals surface area (Å²) in [6, 6.07) is 9.86. The topological polar surface area (TPSA) is 51.8 Å². The van der Waals surface area contributed by atoms with E-state index in [0.717, 1.165) is 37.2 Å². The highest BCUT2D eigenvalue weighted by atomic mass is 35.5. The molecule has 5 nitrogen and oxygen atoms in total. The van der Waals surface area contributed by atoms with Gasteiger partial charge in [0.1, 0.15) is 6.61 Å². The number of benzene rings is 2. The Morgan fingerprint density at radius 1 is 1.04 bits per heavy atom. The van der Waals surface area contributed by atoms with E-state index < -0.39 is 0 Å². The van der Waals surface area contributed by atoms with Crippen LogP contribution in [0, 0.1) is 0 Å². The van der Waals surface area contributed by atoms with Crippen molar-refractivity contribution in [2.45, 2.75) is 25.6 Å². The third-order valence-corrected chi connectivity index (χ3v) is 5.28. The molecule has 2 aromatic rings. The fraction of sp³-hybridized carbons (Fsp3) is 0.400. The predicted molar refractivity (Wildman–Crippen MR) is 108 cm³/mol. The Kier molecular flexibility index (Phi) is 7.07. The van der Waals surface area contributed by atoms with Gasteiger partial charge in [-0.15, -0.1) is 0 Å². The standard InChI is InChI=1S/C20H24Cl2N2O3/c1-25-18-8-14(10-24-15-5-6-23-11-15)9-19(26-2)20(18)27-12-13-3-4-16(21)17(22)7-13/h3-4,7-9,15,23-24H,5-6,10-12H2,1-2H3. The summed E-state index contributed by atoms with van der Waals surface area (Å²) in [5.41, 5.74) is 1.99. The molecular weight excluding hydrogens is 387 g/mol. The van der Waals surface area contributed by atoms with E-state index in [-0.39, 0.29) is 0 Å². The van der Waals surface area contributed by atoms with Crippen molar-refractivity contribution >= 4 is 23.2 Å². The normalized spacial score (nSPS) is 16.4. The largest absolute Gasteiger partial charge is 0.493 e. The summed E-state index contributed by atoms with van der Waals surface area (Å²) in [4.78, 5) is 0. The van der Waals surface area contributed by atoms with Gasteiger partial charge in [-0.05, 0) is 48.4 Å².